The van der Waals surface area contributed by atoms with Gasteiger partial charge in [-0.25, -0.2) is 22.4 Å². The summed E-state index contributed by atoms with van der Waals surface area (Å²) in [6.45, 7) is 12.1. The first kappa shape index (κ1) is 51.9. The number of rotatable bonds is 19. The molecule has 7 rings (SSSR count). The molecule has 1 amide bonds. The van der Waals surface area contributed by atoms with Crippen molar-refractivity contribution >= 4 is 66.5 Å². The maximum Gasteiger partial charge on any atom is 0.410 e. The van der Waals surface area contributed by atoms with Gasteiger partial charge in [-0.2, -0.15) is 5.10 Å². The number of para-hydroxylation sites is 1. The van der Waals surface area contributed by atoms with Crippen LogP contribution in [-0.2, 0) is 52.6 Å². The van der Waals surface area contributed by atoms with Crippen LogP contribution in [0.1, 0.15) is 68.0 Å². The first-order valence-electron chi connectivity index (χ1n) is 23.0. The third kappa shape index (κ3) is 12.0. The summed E-state index contributed by atoms with van der Waals surface area (Å²) in [6, 6.07) is 28.6. The second kappa shape index (κ2) is 23.2. The van der Waals surface area contributed by atoms with Gasteiger partial charge >= 0.3 is 12.1 Å². The van der Waals surface area contributed by atoms with Gasteiger partial charge in [0.25, 0.3) is 0 Å². The van der Waals surface area contributed by atoms with E-state index in [0.717, 1.165) is 80.0 Å². The van der Waals surface area contributed by atoms with Gasteiger partial charge in [0.1, 0.15) is 29.4 Å². The molecule has 0 aliphatic carbocycles. The van der Waals surface area contributed by atoms with Gasteiger partial charge in [-0.15, -0.1) is 0 Å². The zero-order chi connectivity index (χ0) is 47.8. The molecule has 1 fully saturated rings. The third-order valence-electron chi connectivity index (χ3n) is 11.8. The number of piperazine rings is 1. The Morgan fingerprint density at radius 2 is 1.56 bits per heavy atom. The Hall–Kier alpha value is -5.46. The number of halogens is 1. The Morgan fingerprint density at radius 1 is 0.868 bits per heavy atom. The van der Waals surface area contributed by atoms with Crippen LogP contribution in [0, 0.1) is 0 Å². The van der Waals surface area contributed by atoms with Crippen molar-refractivity contribution in [1.29, 1.82) is 0 Å². The van der Waals surface area contributed by atoms with Gasteiger partial charge in [0.15, 0.2) is 11.2 Å². The van der Waals surface area contributed by atoms with E-state index in [0.29, 0.717) is 63.1 Å². The number of aryl methyl sites for hydroxylation is 3. The van der Waals surface area contributed by atoms with Gasteiger partial charge in [0.2, 0.25) is 0 Å². The van der Waals surface area contributed by atoms with Gasteiger partial charge in [0, 0.05) is 100 Å². The first-order valence-corrected chi connectivity index (χ1v) is 25.2. The number of aromatic nitrogens is 3. The molecule has 1 unspecified atom stereocenters. The minimum atomic E-state index is -1.14. The molecule has 0 radical (unpaired) electrons. The Kier molecular flexibility index (Phi) is 17.7. The molecule has 17 heteroatoms. The number of hydrogen-bond donors (Lipinski definition) is 0. The fourth-order valence-electron chi connectivity index (χ4n) is 8.67. The summed E-state index contributed by atoms with van der Waals surface area (Å²) in [4.78, 5) is 31.2. The van der Waals surface area contributed by atoms with E-state index in [-0.39, 0.29) is 18.7 Å². The predicted molar refractivity (Wildman–Crippen MR) is 274 cm³/mol. The fraction of sp³-hybridized carbons (Fsp3) is 0.431. The molecule has 6 aromatic rings. The van der Waals surface area contributed by atoms with Crippen LogP contribution in [0.4, 0.5) is 10.5 Å². The van der Waals surface area contributed by atoms with Crippen LogP contribution in [0.25, 0.3) is 32.8 Å². The highest BCUT2D eigenvalue weighted by atomic mass is 79.9. The predicted octanol–water partition coefficient (Wildman–Crippen LogP) is 8.55. The van der Waals surface area contributed by atoms with E-state index in [1.165, 1.54) is 0 Å². The van der Waals surface area contributed by atoms with Crippen LogP contribution in [0.3, 0.4) is 0 Å². The Balaban J connectivity index is 0.00000761. The highest BCUT2D eigenvalue weighted by molar-refractivity contribution is 9.08. The molecular formula is C51H66BrN7O8S. The molecule has 2 N–H and O–H groups in total. The number of esters is 1. The number of fused-ring (bicyclic) bond motifs is 2. The lowest BCUT2D eigenvalue weighted by molar-refractivity contribution is 0.0294. The molecule has 68 heavy (non-hydrogen) atoms. The number of ether oxygens (including phenoxy) is 4. The van der Waals surface area contributed by atoms with Crippen LogP contribution in [0.15, 0.2) is 84.9 Å². The SMILES string of the molecule is CCOC(=O)c1c(CCCOc2cccc3ccccc23)c2cccc(-c3c(CBr)nn(C)c3COc3ccc(N4CCN(S(=O)N(C)C)CC4)cc3)c2n1CCCN(C)C(=O)OC(C)(C)C.O. The molecule has 2 aromatic heterocycles. The van der Waals surface area contributed by atoms with E-state index < -0.39 is 28.8 Å². The number of alkyl halides is 1. The molecule has 1 aliphatic rings. The van der Waals surface area contributed by atoms with Gasteiger partial charge in [-0.3, -0.25) is 4.68 Å². The monoisotopic (exact) mass is 1020 g/mol. The lowest BCUT2D eigenvalue weighted by atomic mass is 9.98. The summed E-state index contributed by atoms with van der Waals surface area (Å²) >= 11 is 2.60. The molecule has 3 heterocycles. The van der Waals surface area contributed by atoms with E-state index in [1.54, 1.807) is 16.3 Å². The van der Waals surface area contributed by atoms with Crippen LogP contribution in [-0.4, -0.2) is 122 Å². The van der Waals surface area contributed by atoms with Crippen molar-refractivity contribution in [2.75, 3.05) is 72.0 Å². The zero-order valence-electron chi connectivity index (χ0n) is 40.5. The average Bonchev–Trinajstić information content (AvgIpc) is 3.81. The third-order valence-corrected chi connectivity index (χ3v) is 13.8. The van der Waals surface area contributed by atoms with Gasteiger partial charge < -0.3 is 38.8 Å². The van der Waals surface area contributed by atoms with Crippen molar-refractivity contribution in [3.63, 3.8) is 0 Å². The standard InChI is InChI=1S/C51H64BrN7O7S.H2O/c1-9-63-49(60)48-41(21-14-33-64-45-22-12-17-36-16-10-11-18-39(36)45)40-19-13-20-42(47(40)59(48)28-15-27-55(7)50(61)66-51(2,3)4)46-43(34-52)53-56(8)44(46)35-65-38-25-23-37(24-26-38)57-29-31-58(32-30-57)67(62)54(5)6;/h10-13,16-20,22-26H,9,14-15,21,27-35H2,1-8H3;1H2. The van der Waals surface area contributed by atoms with E-state index in [1.807, 2.05) is 100 Å². The van der Waals surface area contributed by atoms with E-state index in [9.17, 15) is 13.8 Å². The minimum Gasteiger partial charge on any atom is -0.493 e. The second-order valence-electron chi connectivity index (χ2n) is 17.9. The van der Waals surface area contributed by atoms with Gasteiger partial charge in [-0.1, -0.05) is 70.5 Å². The highest BCUT2D eigenvalue weighted by Crippen LogP contribution is 2.40. The van der Waals surface area contributed by atoms with Crippen molar-refractivity contribution in [2.24, 2.45) is 7.05 Å². The van der Waals surface area contributed by atoms with Gasteiger partial charge in [0.05, 0.1) is 30.1 Å². The summed E-state index contributed by atoms with van der Waals surface area (Å²) in [5.74, 6) is 1.14. The molecular weight excluding hydrogens is 951 g/mol. The zero-order valence-corrected chi connectivity index (χ0v) is 43.0. The molecule has 1 aliphatic heterocycles. The van der Waals surface area contributed by atoms with Crippen LogP contribution >= 0.6 is 15.9 Å². The normalized spacial score (nSPS) is 13.7. The Morgan fingerprint density at radius 3 is 2.25 bits per heavy atom. The van der Waals surface area contributed by atoms with Crippen molar-refractivity contribution < 1.29 is 38.2 Å². The quantitative estimate of drug-likeness (QED) is 0.0441. The Bertz CT molecular complexity index is 2680. The van der Waals surface area contributed by atoms with Gasteiger partial charge in [-0.05, 0) is 88.2 Å². The second-order valence-corrected chi connectivity index (χ2v) is 20.1. The molecule has 0 saturated carbocycles. The molecule has 4 aromatic carbocycles. The number of anilines is 1. The maximum absolute atomic E-state index is 14.3. The molecule has 0 spiro atoms. The summed E-state index contributed by atoms with van der Waals surface area (Å²) in [5, 5.41) is 8.56. The molecule has 1 saturated heterocycles. The molecule has 0 bridgehead atoms. The number of hydrogen-bond acceptors (Lipinski definition) is 9. The largest absolute Gasteiger partial charge is 0.493 e. The van der Waals surface area contributed by atoms with Crippen molar-refractivity contribution in [3.05, 3.63) is 108 Å². The van der Waals surface area contributed by atoms with Crippen LogP contribution < -0.4 is 14.4 Å². The molecule has 15 nitrogen and oxygen atoms in total. The minimum absolute atomic E-state index is 0. The van der Waals surface area contributed by atoms with Crippen molar-refractivity contribution in [2.45, 2.75) is 71.0 Å². The smallest absolute Gasteiger partial charge is 0.410 e. The summed E-state index contributed by atoms with van der Waals surface area (Å²) < 4.78 is 44.7. The average molecular weight is 1020 g/mol. The number of benzene rings is 4. The van der Waals surface area contributed by atoms with E-state index in [2.05, 4.69) is 67.9 Å². The fourth-order valence-corrected chi connectivity index (χ4v) is 10.00. The maximum atomic E-state index is 14.3. The summed E-state index contributed by atoms with van der Waals surface area (Å²) in [5.41, 5.74) is 6.24. The lowest BCUT2D eigenvalue weighted by Crippen LogP contribution is -2.49. The summed E-state index contributed by atoms with van der Waals surface area (Å²) in [6.07, 6.45) is 1.33. The number of carbonyl (C=O) groups excluding carboxylic acids is 2. The molecule has 366 valence electrons. The lowest BCUT2D eigenvalue weighted by Gasteiger charge is -2.36. The first-order chi connectivity index (χ1) is 32.2. The highest BCUT2D eigenvalue weighted by Gasteiger charge is 2.29. The van der Waals surface area contributed by atoms with E-state index >= 15 is 0 Å². The van der Waals surface area contributed by atoms with Crippen LogP contribution in [0.2, 0.25) is 0 Å². The van der Waals surface area contributed by atoms with Crippen LogP contribution in [0.5, 0.6) is 11.5 Å². The van der Waals surface area contributed by atoms with Crippen molar-refractivity contribution in [1.82, 2.24) is 27.9 Å². The topological polar surface area (TPSA) is 155 Å². The molecule has 1 atom stereocenters. The summed E-state index contributed by atoms with van der Waals surface area (Å²) in [7, 11) is 7.32. The number of nitrogens with zero attached hydrogens (tertiary/aromatic N) is 7. The number of carbonyl (C=O) groups is 2. The van der Waals surface area contributed by atoms with Crippen molar-refractivity contribution in [3.8, 4) is 22.6 Å². The Labute approximate surface area is 411 Å². The number of amides is 1. The van der Waals surface area contributed by atoms with E-state index in [4.69, 9.17) is 24.0 Å².